The number of pyridine rings is 1. The monoisotopic (exact) mass is 286 g/mol. The minimum absolute atomic E-state index is 1.24. The molecule has 96 valence electrons. The van der Waals surface area contributed by atoms with E-state index in [4.69, 9.17) is 0 Å². The highest BCUT2D eigenvalue weighted by atomic mass is 32.2. The smallest absolute Gasteiger partial charge is 0.169 e. The summed E-state index contributed by atoms with van der Waals surface area (Å²) in [6.45, 7) is 4.42. The Morgan fingerprint density at radius 2 is 1.84 bits per heavy atom. The van der Waals surface area contributed by atoms with Crippen molar-refractivity contribution in [3.05, 3.63) is 51.5 Å². The highest BCUT2D eigenvalue weighted by molar-refractivity contribution is 7.38. The average molecular weight is 286 g/mol. The van der Waals surface area contributed by atoms with E-state index in [0.717, 1.165) is 0 Å². The highest BCUT2D eigenvalue weighted by Crippen LogP contribution is 2.38. The van der Waals surface area contributed by atoms with Gasteiger partial charge in [-0.25, -0.2) is 4.57 Å². The predicted molar refractivity (Wildman–Crippen MR) is 85.7 cm³/mol. The van der Waals surface area contributed by atoms with E-state index in [0.29, 0.717) is 0 Å². The van der Waals surface area contributed by atoms with Gasteiger partial charge in [0.1, 0.15) is 7.05 Å². The summed E-state index contributed by atoms with van der Waals surface area (Å²) in [5.74, 6) is 0. The van der Waals surface area contributed by atoms with Crippen molar-refractivity contribution >= 4 is 44.2 Å². The molecule has 3 heteroatoms. The molecule has 0 saturated heterocycles. The van der Waals surface area contributed by atoms with Crippen molar-refractivity contribution in [2.24, 2.45) is 7.05 Å². The van der Waals surface area contributed by atoms with Crippen LogP contribution in [0.1, 0.15) is 21.6 Å². The summed E-state index contributed by atoms with van der Waals surface area (Å²) in [4.78, 5) is 1.37. The molecule has 0 aromatic carbocycles. The minimum Gasteiger partial charge on any atom is -0.208 e. The molecule has 3 aromatic rings. The summed E-state index contributed by atoms with van der Waals surface area (Å²) in [6, 6.07) is 4.26. The molecule has 0 bridgehead atoms. The molecule has 3 aromatic heterocycles. The second kappa shape index (κ2) is 4.91. The predicted octanol–water partition coefficient (Wildman–Crippen LogP) is 4.57. The molecule has 3 heterocycles. The summed E-state index contributed by atoms with van der Waals surface area (Å²) in [6.07, 6.45) is 8.58. The SMILES string of the molecule is Cc1csc2sc(/C=C/c3cc[n+](C)cc3)c(C)c12. The first-order valence-electron chi connectivity index (χ1n) is 6.26. The number of hydrogen-bond acceptors (Lipinski definition) is 2. The second-order valence-corrected chi connectivity index (χ2v) is 6.99. The zero-order valence-corrected chi connectivity index (χ0v) is 12.9. The van der Waals surface area contributed by atoms with Gasteiger partial charge in [0.2, 0.25) is 0 Å². The van der Waals surface area contributed by atoms with E-state index in [1.165, 1.54) is 31.0 Å². The van der Waals surface area contributed by atoms with Crippen LogP contribution in [-0.2, 0) is 7.05 Å². The van der Waals surface area contributed by atoms with Gasteiger partial charge in [0, 0.05) is 22.4 Å². The summed E-state index contributed by atoms with van der Waals surface area (Å²) < 4.78 is 3.49. The molecule has 19 heavy (non-hydrogen) atoms. The van der Waals surface area contributed by atoms with Gasteiger partial charge in [0.25, 0.3) is 0 Å². The number of aromatic nitrogens is 1. The van der Waals surface area contributed by atoms with Gasteiger partial charge in [-0.15, -0.1) is 22.7 Å². The quantitative estimate of drug-likeness (QED) is 0.607. The molecular formula is C16H16NS2+. The zero-order chi connectivity index (χ0) is 13.4. The zero-order valence-electron chi connectivity index (χ0n) is 11.3. The molecule has 3 rings (SSSR count). The van der Waals surface area contributed by atoms with Gasteiger partial charge in [0.15, 0.2) is 12.4 Å². The third-order valence-electron chi connectivity index (χ3n) is 3.32. The van der Waals surface area contributed by atoms with Crippen LogP contribution in [0.15, 0.2) is 29.9 Å². The molecule has 0 amide bonds. The topological polar surface area (TPSA) is 3.88 Å². The fourth-order valence-electron chi connectivity index (χ4n) is 2.20. The van der Waals surface area contributed by atoms with Gasteiger partial charge in [-0.05, 0) is 42.0 Å². The standard InChI is InChI=1S/C16H16NS2/c1-11-10-18-16-15(11)12(2)14(19-16)5-4-13-6-8-17(3)9-7-13/h4-10H,1-3H3/q+1/b5-4+. The van der Waals surface area contributed by atoms with Crippen molar-refractivity contribution in [2.75, 3.05) is 0 Å². The lowest BCUT2D eigenvalue weighted by molar-refractivity contribution is -0.671. The van der Waals surface area contributed by atoms with Crippen LogP contribution in [0.2, 0.25) is 0 Å². The maximum Gasteiger partial charge on any atom is 0.169 e. The lowest BCUT2D eigenvalue weighted by Gasteiger charge is -1.93. The van der Waals surface area contributed by atoms with Gasteiger partial charge in [-0.3, -0.25) is 0 Å². The Hall–Kier alpha value is -1.45. The molecule has 0 aliphatic rings. The molecule has 0 saturated carbocycles. The van der Waals surface area contributed by atoms with Crippen molar-refractivity contribution in [1.82, 2.24) is 0 Å². The van der Waals surface area contributed by atoms with Crippen LogP contribution in [0, 0.1) is 13.8 Å². The lowest BCUT2D eigenvalue weighted by Crippen LogP contribution is -2.25. The van der Waals surface area contributed by atoms with Gasteiger partial charge >= 0.3 is 0 Å². The maximum absolute atomic E-state index is 2.25. The number of aryl methyl sites for hydroxylation is 3. The number of hydrogen-bond donors (Lipinski definition) is 0. The molecule has 0 spiro atoms. The first kappa shape index (κ1) is 12.6. The fourth-order valence-corrected chi connectivity index (χ4v) is 4.65. The summed E-state index contributed by atoms with van der Waals surface area (Å²) in [7, 11) is 2.04. The number of nitrogens with zero attached hydrogens (tertiary/aromatic N) is 1. The van der Waals surface area contributed by atoms with Crippen molar-refractivity contribution in [2.45, 2.75) is 13.8 Å². The Balaban J connectivity index is 1.96. The molecule has 0 N–H and O–H groups in total. The van der Waals surface area contributed by atoms with Gasteiger partial charge in [0.05, 0.1) is 4.01 Å². The summed E-state index contributed by atoms with van der Waals surface area (Å²) in [5, 5.41) is 3.70. The lowest BCUT2D eigenvalue weighted by atomic mass is 10.1. The normalized spacial score (nSPS) is 11.7. The van der Waals surface area contributed by atoms with Crippen LogP contribution in [0.4, 0.5) is 0 Å². The van der Waals surface area contributed by atoms with Gasteiger partial charge < -0.3 is 0 Å². The first-order valence-corrected chi connectivity index (χ1v) is 7.95. The molecular weight excluding hydrogens is 270 g/mol. The van der Waals surface area contributed by atoms with Crippen LogP contribution in [0.25, 0.3) is 21.6 Å². The third-order valence-corrected chi connectivity index (χ3v) is 5.80. The molecule has 0 unspecified atom stereocenters. The van der Waals surface area contributed by atoms with Crippen LogP contribution >= 0.6 is 22.7 Å². The Labute approximate surface area is 121 Å². The molecule has 0 aliphatic carbocycles. The van der Waals surface area contributed by atoms with Crippen LogP contribution in [0.5, 0.6) is 0 Å². The summed E-state index contributed by atoms with van der Waals surface area (Å²) in [5.41, 5.74) is 4.06. The molecule has 0 fully saturated rings. The molecule has 0 aliphatic heterocycles. The average Bonchev–Trinajstić information content (AvgIpc) is 2.91. The van der Waals surface area contributed by atoms with Crippen molar-refractivity contribution in [3.63, 3.8) is 0 Å². The van der Waals surface area contributed by atoms with Gasteiger partial charge in [-0.2, -0.15) is 0 Å². The number of thiophene rings is 2. The van der Waals surface area contributed by atoms with Crippen LogP contribution < -0.4 is 4.57 Å². The van der Waals surface area contributed by atoms with E-state index >= 15 is 0 Å². The van der Waals surface area contributed by atoms with E-state index in [9.17, 15) is 0 Å². The van der Waals surface area contributed by atoms with Crippen LogP contribution in [0.3, 0.4) is 0 Å². The molecule has 1 nitrogen and oxygen atoms in total. The van der Waals surface area contributed by atoms with E-state index in [2.05, 4.69) is 55.9 Å². The van der Waals surface area contributed by atoms with E-state index < -0.39 is 0 Å². The Morgan fingerprint density at radius 3 is 2.53 bits per heavy atom. The van der Waals surface area contributed by atoms with Crippen molar-refractivity contribution in [1.29, 1.82) is 0 Å². The number of rotatable bonds is 2. The summed E-state index contributed by atoms with van der Waals surface area (Å²) >= 11 is 3.75. The maximum atomic E-state index is 2.25. The van der Waals surface area contributed by atoms with E-state index in [1.54, 1.807) is 0 Å². The third kappa shape index (κ3) is 2.36. The Morgan fingerprint density at radius 1 is 1.11 bits per heavy atom. The second-order valence-electron chi connectivity index (χ2n) is 4.80. The van der Waals surface area contributed by atoms with Crippen molar-refractivity contribution < 1.29 is 4.57 Å². The minimum atomic E-state index is 1.24. The first-order chi connectivity index (χ1) is 9.15. The Kier molecular flexibility index (Phi) is 3.25. The van der Waals surface area contributed by atoms with E-state index in [-0.39, 0.29) is 0 Å². The molecule has 0 atom stereocenters. The van der Waals surface area contributed by atoms with Crippen LogP contribution in [-0.4, -0.2) is 0 Å². The fraction of sp³-hybridized carbons (Fsp3) is 0.188. The Bertz CT molecular complexity index is 745. The molecule has 0 radical (unpaired) electrons. The largest absolute Gasteiger partial charge is 0.208 e. The van der Waals surface area contributed by atoms with Crippen molar-refractivity contribution in [3.8, 4) is 0 Å². The highest BCUT2D eigenvalue weighted by Gasteiger charge is 2.09. The van der Waals surface area contributed by atoms with Gasteiger partial charge in [-0.1, -0.05) is 6.08 Å². The van der Waals surface area contributed by atoms with E-state index in [1.807, 2.05) is 34.3 Å². The number of fused-ring (bicyclic) bond motifs is 1.